The molecule has 0 saturated carbocycles. The molecule has 0 radical (unpaired) electrons. The van der Waals surface area contributed by atoms with Crippen LogP contribution >= 0.6 is 0 Å². The molecule has 1 unspecified atom stereocenters. The van der Waals surface area contributed by atoms with Crippen molar-refractivity contribution in [3.63, 3.8) is 0 Å². The van der Waals surface area contributed by atoms with Gasteiger partial charge in [0.15, 0.2) is 0 Å². The van der Waals surface area contributed by atoms with Gasteiger partial charge in [-0.15, -0.1) is 0 Å². The van der Waals surface area contributed by atoms with Crippen molar-refractivity contribution in [2.45, 2.75) is 64.9 Å². The van der Waals surface area contributed by atoms with Gasteiger partial charge >= 0.3 is 6.09 Å². The summed E-state index contributed by atoms with van der Waals surface area (Å²) in [5.41, 5.74) is 2.24. The number of nitrogens with zero attached hydrogens (tertiary/aromatic N) is 1. The number of carbonyl (C=O) groups excluding carboxylic acids is 1. The van der Waals surface area contributed by atoms with Gasteiger partial charge in [-0.25, -0.2) is 4.79 Å². The number of anilines is 1. The second kappa shape index (κ2) is 7.48. The summed E-state index contributed by atoms with van der Waals surface area (Å²) in [7, 11) is 0. The van der Waals surface area contributed by atoms with E-state index in [2.05, 4.69) is 32.9 Å². The molecule has 1 aromatic carbocycles. The lowest BCUT2D eigenvalue weighted by atomic mass is 10.0. The quantitative estimate of drug-likeness (QED) is 0.653. The molecule has 3 heteroatoms. The lowest BCUT2D eigenvalue weighted by Gasteiger charge is -2.14. The summed E-state index contributed by atoms with van der Waals surface area (Å²) in [6, 6.07) is 8.25. The van der Waals surface area contributed by atoms with Crippen LogP contribution in [0.25, 0.3) is 0 Å². The molecular weight excluding hydrogens is 262 g/mol. The van der Waals surface area contributed by atoms with Gasteiger partial charge in [0.2, 0.25) is 0 Å². The average molecular weight is 289 g/mol. The van der Waals surface area contributed by atoms with E-state index in [0.29, 0.717) is 12.5 Å². The molecule has 1 amide bonds. The first-order valence-corrected chi connectivity index (χ1v) is 8.20. The Hall–Kier alpha value is -1.51. The fourth-order valence-corrected chi connectivity index (χ4v) is 2.72. The first-order valence-electron chi connectivity index (χ1n) is 8.20. The minimum absolute atomic E-state index is 0.0548. The molecule has 0 bridgehead atoms. The van der Waals surface area contributed by atoms with Gasteiger partial charge in [-0.05, 0) is 36.5 Å². The van der Waals surface area contributed by atoms with E-state index in [0.717, 1.165) is 18.5 Å². The number of cyclic esters (lactones) is 1. The van der Waals surface area contributed by atoms with E-state index in [9.17, 15) is 4.79 Å². The Labute approximate surface area is 128 Å². The van der Waals surface area contributed by atoms with Crippen molar-refractivity contribution in [2.24, 2.45) is 0 Å². The number of ether oxygens (including phenoxy) is 1. The van der Waals surface area contributed by atoms with Crippen molar-refractivity contribution < 1.29 is 9.53 Å². The Bertz CT molecular complexity index is 453. The summed E-state index contributed by atoms with van der Waals surface area (Å²) in [6.45, 7) is 7.24. The van der Waals surface area contributed by atoms with E-state index < -0.39 is 0 Å². The molecular formula is C18H27NO2. The molecule has 0 aliphatic carbocycles. The number of hydrogen-bond donors (Lipinski definition) is 0. The molecule has 1 aromatic rings. The Morgan fingerprint density at radius 1 is 1.19 bits per heavy atom. The van der Waals surface area contributed by atoms with Crippen LogP contribution in [0.3, 0.4) is 0 Å². The lowest BCUT2D eigenvalue weighted by Crippen LogP contribution is -2.24. The third kappa shape index (κ3) is 4.23. The molecule has 0 spiro atoms. The van der Waals surface area contributed by atoms with Crippen LogP contribution in [0.4, 0.5) is 10.5 Å². The predicted molar refractivity (Wildman–Crippen MR) is 86.9 cm³/mol. The fourth-order valence-electron chi connectivity index (χ4n) is 2.72. The summed E-state index contributed by atoms with van der Waals surface area (Å²) in [6.07, 6.45) is 5.71. The molecule has 1 aliphatic heterocycles. The highest BCUT2D eigenvalue weighted by Gasteiger charge is 2.31. The molecule has 1 heterocycles. The van der Waals surface area contributed by atoms with Gasteiger partial charge in [0.25, 0.3) is 0 Å². The van der Waals surface area contributed by atoms with Gasteiger partial charge in [-0.1, -0.05) is 52.2 Å². The van der Waals surface area contributed by atoms with Crippen molar-refractivity contribution in [2.75, 3.05) is 11.4 Å². The molecule has 1 saturated heterocycles. The zero-order chi connectivity index (χ0) is 15.2. The second-order valence-corrected chi connectivity index (χ2v) is 6.21. The predicted octanol–water partition coefficient (Wildman–Crippen LogP) is 5.11. The van der Waals surface area contributed by atoms with Crippen molar-refractivity contribution >= 4 is 11.8 Å². The van der Waals surface area contributed by atoms with Crippen LogP contribution in [0.15, 0.2) is 24.3 Å². The largest absolute Gasteiger partial charge is 0.444 e. The maximum atomic E-state index is 12.0. The van der Waals surface area contributed by atoms with Crippen LogP contribution in [-0.4, -0.2) is 18.7 Å². The van der Waals surface area contributed by atoms with Gasteiger partial charge in [0, 0.05) is 5.69 Å². The SMILES string of the molecule is CCCCCCC1CN(c2ccc(C(C)C)cc2)C(=O)O1. The minimum Gasteiger partial charge on any atom is -0.444 e. The Kier molecular flexibility index (Phi) is 5.66. The minimum atomic E-state index is -0.201. The van der Waals surface area contributed by atoms with Gasteiger partial charge in [0.05, 0.1) is 6.54 Å². The second-order valence-electron chi connectivity index (χ2n) is 6.21. The molecule has 21 heavy (non-hydrogen) atoms. The number of hydrogen-bond acceptors (Lipinski definition) is 2. The van der Waals surface area contributed by atoms with Crippen LogP contribution in [0.2, 0.25) is 0 Å². The monoisotopic (exact) mass is 289 g/mol. The van der Waals surface area contributed by atoms with E-state index in [1.807, 2.05) is 12.1 Å². The molecule has 2 rings (SSSR count). The van der Waals surface area contributed by atoms with Gasteiger partial charge in [0.1, 0.15) is 6.10 Å². The number of rotatable bonds is 7. The van der Waals surface area contributed by atoms with Crippen LogP contribution in [0.1, 0.15) is 64.4 Å². The van der Waals surface area contributed by atoms with Crippen molar-refractivity contribution in [1.29, 1.82) is 0 Å². The van der Waals surface area contributed by atoms with Crippen LogP contribution in [-0.2, 0) is 4.74 Å². The Balaban J connectivity index is 1.90. The van der Waals surface area contributed by atoms with E-state index in [1.165, 1.54) is 24.8 Å². The first kappa shape index (κ1) is 15.9. The maximum absolute atomic E-state index is 12.0. The molecule has 1 aliphatic rings. The maximum Gasteiger partial charge on any atom is 0.414 e. The highest BCUT2D eigenvalue weighted by atomic mass is 16.6. The van der Waals surface area contributed by atoms with E-state index in [-0.39, 0.29) is 12.2 Å². The van der Waals surface area contributed by atoms with Crippen molar-refractivity contribution in [1.82, 2.24) is 0 Å². The smallest absolute Gasteiger partial charge is 0.414 e. The van der Waals surface area contributed by atoms with Crippen molar-refractivity contribution in [3.05, 3.63) is 29.8 Å². The fraction of sp³-hybridized carbons (Fsp3) is 0.611. The number of benzene rings is 1. The Morgan fingerprint density at radius 3 is 2.52 bits per heavy atom. The number of amides is 1. The lowest BCUT2D eigenvalue weighted by molar-refractivity contribution is 0.135. The van der Waals surface area contributed by atoms with Crippen LogP contribution < -0.4 is 4.90 Å². The zero-order valence-corrected chi connectivity index (χ0v) is 13.5. The van der Waals surface area contributed by atoms with Crippen LogP contribution in [0.5, 0.6) is 0 Å². The summed E-state index contributed by atoms with van der Waals surface area (Å²) in [5, 5.41) is 0. The van der Waals surface area contributed by atoms with Crippen LogP contribution in [0, 0.1) is 0 Å². The summed E-state index contributed by atoms with van der Waals surface area (Å²) < 4.78 is 5.47. The molecule has 3 nitrogen and oxygen atoms in total. The van der Waals surface area contributed by atoms with Gasteiger partial charge in [-0.2, -0.15) is 0 Å². The molecule has 0 N–H and O–H groups in total. The first-order chi connectivity index (χ1) is 10.1. The van der Waals surface area contributed by atoms with E-state index in [4.69, 9.17) is 4.74 Å². The van der Waals surface area contributed by atoms with E-state index >= 15 is 0 Å². The topological polar surface area (TPSA) is 29.5 Å². The normalized spacial score (nSPS) is 18.4. The highest BCUT2D eigenvalue weighted by molar-refractivity contribution is 5.89. The third-order valence-corrected chi connectivity index (χ3v) is 4.13. The highest BCUT2D eigenvalue weighted by Crippen LogP contribution is 2.26. The number of carbonyl (C=O) groups is 1. The average Bonchev–Trinajstić information content (AvgIpc) is 2.85. The third-order valence-electron chi connectivity index (χ3n) is 4.13. The Morgan fingerprint density at radius 2 is 1.90 bits per heavy atom. The van der Waals surface area contributed by atoms with Crippen molar-refractivity contribution in [3.8, 4) is 0 Å². The standard InChI is InChI=1S/C18H27NO2/c1-4-5-6-7-8-17-13-19(18(20)21-17)16-11-9-15(10-12-16)14(2)3/h9-12,14,17H,4-8,13H2,1-3H3. The number of unbranched alkanes of at least 4 members (excludes halogenated alkanes) is 3. The van der Waals surface area contributed by atoms with Gasteiger partial charge < -0.3 is 4.74 Å². The zero-order valence-electron chi connectivity index (χ0n) is 13.5. The van der Waals surface area contributed by atoms with Gasteiger partial charge in [-0.3, -0.25) is 4.90 Å². The molecule has 1 atom stereocenters. The van der Waals surface area contributed by atoms with E-state index in [1.54, 1.807) is 4.90 Å². The molecule has 0 aromatic heterocycles. The summed E-state index contributed by atoms with van der Waals surface area (Å²) in [4.78, 5) is 13.8. The molecule has 116 valence electrons. The summed E-state index contributed by atoms with van der Waals surface area (Å²) >= 11 is 0. The summed E-state index contributed by atoms with van der Waals surface area (Å²) in [5.74, 6) is 0.510. The molecule has 1 fully saturated rings.